The highest BCUT2D eigenvalue weighted by Crippen LogP contribution is 2.33. The van der Waals surface area contributed by atoms with Crippen molar-refractivity contribution >= 4 is 11.8 Å². The molecule has 2 aliphatic heterocycles. The molecule has 1 aromatic carbocycles. The summed E-state index contributed by atoms with van der Waals surface area (Å²) in [6.07, 6.45) is 0.719. The van der Waals surface area contributed by atoms with Gasteiger partial charge in [-0.2, -0.15) is 13.2 Å². The average molecular weight is 438 g/mol. The number of hydrogen-bond acceptors (Lipinski definition) is 3. The number of hydrogen-bond donors (Lipinski definition) is 1. The van der Waals surface area contributed by atoms with Crippen LogP contribution in [0.2, 0.25) is 0 Å². The molecule has 0 spiro atoms. The largest absolute Gasteiger partial charge is 0.416 e. The molecule has 2 heterocycles. The minimum absolute atomic E-state index is 0.0357. The SMILES string of the molecule is O=C(NC1CCN(Cc2cccc(C(F)(F)F)c2)CC1)C1CCN(C(=O)C2CC2)CC1. The summed E-state index contributed by atoms with van der Waals surface area (Å²) in [7, 11) is 0. The summed E-state index contributed by atoms with van der Waals surface area (Å²) < 4.78 is 38.7. The van der Waals surface area contributed by atoms with Crippen LogP contribution >= 0.6 is 0 Å². The number of carbonyl (C=O) groups is 2. The fourth-order valence-electron chi connectivity index (χ4n) is 4.61. The van der Waals surface area contributed by atoms with E-state index in [2.05, 4.69) is 10.2 Å². The highest BCUT2D eigenvalue weighted by Gasteiger charge is 2.36. The number of amides is 2. The van der Waals surface area contributed by atoms with E-state index in [9.17, 15) is 22.8 Å². The molecule has 2 saturated heterocycles. The van der Waals surface area contributed by atoms with Gasteiger partial charge >= 0.3 is 6.18 Å². The number of carbonyl (C=O) groups excluding carboxylic acids is 2. The third-order valence-electron chi connectivity index (χ3n) is 6.70. The molecule has 3 fully saturated rings. The number of likely N-dealkylation sites (tertiary alicyclic amines) is 2. The molecule has 8 heteroatoms. The van der Waals surface area contributed by atoms with Crippen molar-refractivity contribution in [1.82, 2.24) is 15.1 Å². The van der Waals surface area contributed by atoms with Gasteiger partial charge in [-0.1, -0.05) is 18.2 Å². The van der Waals surface area contributed by atoms with Gasteiger partial charge in [0.1, 0.15) is 0 Å². The predicted octanol–water partition coefficient (Wildman–Crippen LogP) is 3.43. The van der Waals surface area contributed by atoms with Crippen LogP contribution in [0.1, 0.15) is 49.7 Å². The van der Waals surface area contributed by atoms with Crippen molar-refractivity contribution in [1.29, 1.82) is 0 Å². The molecule has 1 saturated carbocycles. The van der Waals surface area contributed by atoms with Crippen molar-refractivity contribution in [3.05, 3.63) is 35.4 Å². The predicted molar refractivity (Wildman–Crippen MR) is 110 cm³/mol. The lowest BCUT2D eigenvalue weighted by atomic mass is 9.94. The molecular weight excluding hydrogens is 407 g/mol. The van der Waals surface area contributed by atoms with Crippen LogP contribution in [0, 0.1) is 11.8 Å². The van der Waals surface area contributed by atoms with Gasteiger partial charge in [-0.3, -0.25) is 14.5 Å². The lowest BCUT2D eigenvalue weighted by molar-refractivity contribution is -0.137. The molecule has 5 nitrogen and oxygen atoms in total. The fourth-order valence-corrected chi connectivity index (χ4v) is 4.61. The van der Waals surface area contributed by atoms with E-state index < -0.39 is 11.7 Å². The molecule has 0 radical (unpaired) electrons. The minimum atomic E-state index is -4.32. The van der Waals surface area contributed by atoms with E-state index in [1.807, 2.05) is 4.90 Å². The number of benzene rings is 1. The van der Waals surface area contributed by atoms with Crippen LogP contribution < -0.4 is 5.32 Å². The summed E-state index contributed by atoms with van der Waals surface area (Å²) in [6.45, 7) is 3.31. The van der Waals surface area contributed by atoms with E-state index in [4.69, 9.17) is 0 Å². The third-order valence-corrected chi connectivity index (χ3v) is 6.70. The number of alkyl halides is 3. The van der Waals surface area contributed by atoms with Gasteiger partial charge < -0.3 is 10.2 Å². The second-order valence-electron chi connectivity index (χ2n) is 9.13. The van der Waals surface area contributed by atoms with Crippen molar-refractivity contribution in [2.24, 2.45) is 11.8 Å². The molecule has 3 aliphatic rings. The third kappa shape index (κ3) is 5.79. The first-order chi connectivity index (χ1) is 14.8. The quantitative estimate of drug-likeness (QED) is 0.768. The van der Waals surface area contributed by atoms with Crippen molar-refractivity contribution in [3.8, 4) is 0 Å². The Labute approximate surface area is 181 Å². The van der Waals surface area contributed by atoms with Crippen molar-refractivity contribution in [2.45, 2.75) is 57.3 Å². The molecule has 0 aromatic heterocycles. The molecule has 0 bridgehead atoms. The van der Waals surface area contributed by atoms with Crippen LogP contribution in [0.4, 0.5) is 13.2 Å². The van der Waals surface area contributed by atoms with Crippen LogP contribution in [-0.2, 0) is 22.3 Å². The minimum Gasteiger partial charge on any atom is -0.353 e. The summed E-state index contributed by atoms with van der Waals surface area (Å²) in [6, 6.07) is 5.60. The van der Waals surface area contributed by atoms with Crippen LogP contribution in [0.3, 0.4) is 0 Å². The zero-order valence-electron chi connectivity index (χ0n) is 17.7. The molecule has 2 amide bonds. The second kappa shape index (κ2) is 9.18. The first kappa shape index (κ1) is 22.1. The van der Waals surface area contributed by atoms with E-state index in [0.29, 0.717) is 25.2 Å². The average Bonchev–Trinajstić information content (AvgIpc) is 3.60. The monoisotopic (exact) mass is 437 g/mol. The Morgan fingerprint density at radius 2 is 1.61 bits per heavy atom. The molecule has 1 aromatic rings. The molecule has 0 atom stereocenters. The Morgan fingerprint density at radius 3 is 2.23 bits per heavy atom. The highest BCUT2D eigenvalue weighted by atomic mass is 19.4. The lowest BCUT2D eigenvalue weighted by Crippen LogP contribution is -2.48. The topological polar surface area (TPSA) is 52.7 Å². The van der Waals surface area contributed by atoms with Crippen molar-refractivity contribution < 1.29 is 22.8 Å². The summed E-state index contributed by atoms with van der Waals surface area (Å²) in [5, 5.41) is 3.16. The lowest BCUT2D eigenvalue weighted by Gasteiger charge is -2.35. The number of nitrogens with one attached hydrogen (secondary N) is 1. The standard InChI is InChI=1S/C23H30F3N3O2/c24-23(25,26)19-3-1-2-16(14-19)15-28-10-8-20(9-11-28)27-21(30)17-6-12-29(13-7-17)22(31)18-4-5-18/h1-3,14,17-18,20H,4-13,15H2,(H,27,30). The van der Waals surface area contributed by atoms with E-state index in [1.54, 1.807) is 6.07 Å². The fraction of sp³-hybridized carbons (Fsp3) is 0.652. The van der Waals surface area contributed by atoms with Crippen LogP contribution in [0.25, 0.3) is 0 Å². The number of piperidine rings is 2. The zero-order chi connectivity index (χ0) is 22.0. The van der Waals surface area contributed by atoms with Gasteiger partial charge in [-0.25, -0.2) is 0 Å². The van der Waals surface area contributed by atoms with E-state index >= 15 is 0 Å². The molecule has 31 heavy (non-hydrogen) atoms. The van der Waals surface area contributed by atoms with E-state index in [0.717, 1.165) is 57.7 Å². The van der Waals surface area contributed by atoms with Gasteiger partial charge in [-0.15, -0.1) is 0 Å². The Kier molecular flexibility index (Phi) is 6.55. The van der Waals surface area contributed by atoms with Crippen molar-refractivity contribution in [2.75, 3.05) is 26.2 Å². The maximum absolute atomic E-state index is 12.9. The Morgan fingerprint density at radius 1 is 0.935 bits per heavy atom. The molecular formula is C23H30F3N3O2. The molecule has 4 rings (SSSR count). The molecule has 1 N–H and O–H groups in total. The smallest absolute Gasteiger partial charge is 0.353 e. The van der Waals surface area contributed by atoms with Gasteiger partial charge in [0.15, 0.2) is 0 Å². The Bertz CT molecular complexity index is 794. The summed E-state index contributed by atoms with van der Waals surface area (Å²) in [5.74, 6) is 0.528. The van der Waals surface area contributed by atoms with Gasteiger partial charge in [0.2, 0.25) is 11.8 Å². The summed E-state index contributed by atoms with van der Waals surface area (Å²) in [5.41, 5.74) is 0.0434. The van der Waals surface area contributed by atoms with Gasteiger partial charge in [0, 0.05) is 50.6 Å². The maximum atomic E-state index is 12.9. The van der Waals surface area contributed by atoms with Gasteiger partial charge in [0.05, 0.1) is 5.56 Å². The summed E-state index contributed by atoms with van der Waals surface area (Å²) in [4.78, 5) is 28.9. The Balaban J connectivity index is 1.19. The van der Waals surface area contributed by atoms with E-state index in [-0.39, 0.29) is 29.7 Å². The maximum Gasteiger partial charge on any atom is 0.416 e. The number of rotatable bonds is 5. The van der Waals surface area contributed by atoms with Gasteiger partial charge in [-0.05, 0) is 50.2 Å². The molecule has 0 unspecified atom stereocenters. The van der Waals surface area contributed by atoms with Crippen LogP contribution in [0.15, 0.2) is 24.3 Å². The second-order valence-corrected chi connectivity index (χ2v) is 9.13. The zero-order valence-corrected chi connectivity index (χ0v) is 17.7. The first-order valence-corrected chi connectivity index (χ1v) is 11.3. The van der Waals surface area contributed by atoms with Crippen molar-refractivity contribution in [3.63, 3.8) is 0 Å². The number of nitrogens with zero attached hydrogens (tertiary/aromatic N) is 2. The number of halogens is 3. The van der Waals surface area contributed by atoms with Crippen LogP contribution in [-0.4, -0.2) is 53.8 Å². The first-order valence-electron chi connectivity index (χ1n) is 11.3. The molecule has 1 aliphatic carbocycles. The van der Waals surface area contributed by atoms with Gasteiger partial charge in [0.25, 0.3) is 0 Å². The summed E-state index contributed by atoms with van der Waals surface area (Å²) >= 11 is 0. The normalized spacial score (nSPS) is 21.8. The van der Waals surface area contributed by atoms with E-state index in [1.165, 1.54) is 12.1 Å². The highest BCUT2D eigenvalue weighted by molar-refractivity contribution is 5.82. The Hall–Kier alpha value is -2.09. The van der Waals surface area contributed by atoms with Crippen LogP contribution in [0.5, 0.6) is 0 Å². The molecule has 170 valence electrons.